The molecule has 0 aliphatic heterocycles. The largest absolute Gasteiger partial charge is 0.350 e. The van der Waals surface area contributed by atoms with Crippen LogP contribution in [-0.4, -0.2) is 26.1 Å². The number of thiophene rings is 1. The van der Waals surface area contributed by atoms with Crippen molar-refractivity contribution in [3.05, 3.63) is 52.2 Å². The van der Waals surface area contributed by atoms with E-state index in [0.29, 0.717) is 18.3 Å². The summed E-state index contributed by atoms with van der Waals surface area (Å²) in [5.74, 6) is 0.869. The molecule has 6 nitrogen and oxygen atoms in total. The van der Waals surface area contributed by atoms with Gasteiger partial charge in [-0.1, -0.05) is 44.2 Å². The van der Waals surface area contributed by atoms with Crippen molar-refractivity contribution >= 4 is 17.2 Å². The van der Waals surface area contributed by atoms with E-state index in [1.54, 1.807) is 11.3 Å². The van der Waals surface area contributed by atoms with Gasteiger partial charge in [0.15, 0.2) is 0 Å². The Kier molecular flexibility index (Phi) is 5.00. The molecule has 0 aliphatic carbocycles. The first kappa shape index (κ1) is 16.3. The molecule has 0 radical (unpaired) electrons. The molecule has 0 saturated heterocycles. The highest BCUT2D eigenvalue weighted by molar-refractivity contribution is 7.09. The summed E-state index contributed by atoms with van der Waals surface area (Å²) in [6.07, 6.45) is 0. The maximum absolute atomic E-state index is 11.9. The van der Waals surface area contributed by atoms with E-state index in [1.165, 1.54) is 10.4 Å². The van der Waals surface area contributed by atoms with Crippen molar-refractivity contribution in [2.45, 2.75) is 32.9 Å². The van der Waals surface area contributed by atoms with E-state index in [0.717, 1.165) is 10.4 Å². The number of aromatic nitrogens is 4. The van der Waals surface area contributed by atoms with Crippen LogP contribution in [0, 0.1) is 0 Å². The topological polar surface area (TPSA) is 72.7 Å². The van der Waals surface area contributed by atoms with Gasteiger partial charge in [0, 0.05) is 10.4 Å². The molecule has 24 heavy (non-hydrogen) atoms. The Hall–Kier alpha value is -2.54. The number of hydrogen-bond donors (Lipinski definition) is 1. The Balaban J connectivity index is 1.59. The smallest absolute Gasteiger partial charge is 0.243 e. The van der Waals surface area contributed by atoms with Crippen LogP contribution < -0.4 is 5.32 Å². The maximum Gasteiger partial charge on any atom is 0.243 e. The number of nitrogens with zero attached hydrogens (tertiary/aromatic N) is 4. The number of amides is 1. The van der Waals surface area contributed by atoms with Crippen LogP contribution in [0.1, 0.15) is 30.2 Å². The van der Waals surface area contributed by atoms with Crippen molar-refractivity contribution in [1.29, 1.82) is 0 Å². The Morgan fingerprint density at radius 3 is 2.71 bits per heavy atom. The predicted molar refractivity (Wildman–Crippen MR) is 93.5 cm³/mol. The van der Waals surface area contributed by atoms with Crippen LogP contribution in [0.25, 0.3) is 11.4 Å². The average molecular weight is 341 g/mol. The van der Waals surface area contributed by atoms with Crippen LogP contribution in [0.4, 0.5) is 0 Å². The van der Waals surface area contributed by atoms with E-state index in [4.69, 9.17) is 0 Å². The van der Waals surface area contributed by atoms with Crippen molar-refractivity contribution in [2.24, 2.45) is 0 Å². The normalized spacial score (nSPS) is 11.0. The lowest BCUT2D eigenvalue weighted by Gasteiger charge is -2.04. The Bertz CT molecular complexity index is 793. The molecule has 1 aromatic carbocycles. The van der Waals surface area contributed by atoms with Gasteiger partial charge in [-0.05, 0) is 28.1 Å². The number of benzene rings is 1. The number of hydrogen-bond acceptors (Lipinski definition) is 5. The third-order valence-electron chi connectivity index (χ3n) is 3.61. The minimum atomic E-state index is -0.137. The van der Waals surface area contributed by atoms with Crippen LogP contribution in [0.3, 0.4) is 0 Å². The van der Waals surface area contributed by atoms with Gasteiger partial charge >= 0.3 is 0 Å². The molecular formula is C17H19N5OS. The zero-order valence-electron chi connectivity index (χ0n) is 13.6. The molecular weight excluding hydrogens is 322 g/mol. The summed E-state index contributed by atoms with van der Waals surface area (Å²) in [5, 5.41) is 17.1. The lowest BCUT2D eigenvalue weighted by molar-refractivity contribution is -0.122. The van der Waals surface area contributed by atoms with E-state index >= 15 is 0 Å². The second-order valence-corrected chi connectivity index (χ2v) is 6.81. The second kappa shape index (κ2) is 7.35. The first-order valence-corrected chi connectivity index (χ1v) is 8.67. The lowest BCUT2D eigenvalue weighted by Crippen LogP contribution is -2.27. The highest BCUT2D eigenvalue weighted by Gasteiger charge is 2.10. The monoisotopic (exact) mass is 341 g/mol. The standard InChI is InChI=1S/C17H19N5OS/c1-12(2)13-5-7-14(8-6-13)17-19-21-22(20-17)11-16(23)18-10-15-4-3-9-24-15/h3-9,12H,10-11H2,1-2H3,(H,18,23). The molecule has 3 rings (SSSR count). The Labute approximate surface area is 144 Å². The first-order chi connectivity index (χ1) is 11.6. The second-order valence-electron chi connectivity index (χ2n) is 5.78. The SMILES string of the molecule is CC(C)c1ccc(-c2nnn(CC(=O)NCc3cccs3)n2)cc1. The van der Waals surface area contributed by atoms with E-state index in [-0.39, 0.29) is 12.5 Å². The Morgan fingerprint density at radius 1 is 1.25 bits per heavy atom. The summed E-state index contributed by atoms with van der Waals surface area (Å²) in [6, 6.07) is 12.0. The van der Waals surface area contributed by atoms with Gasteiger partial charge in [-0.3, -0.25) is 4.79 Å². The molecule has 0 bridgehead atoms. The average Bonchev–Trinajstić information content (AvgIpc) is 3.25. The fraction of sp³-hybridized carbons (Fsp3) is 0.294. The molecule has 124 valence electrons. The van der Waals surface area contributed by atoms with Gasteiger partial charge in [-0.2, -0.15) is 4.80 Å². The molecule has 0 unspecified atom stereocenters. The molecule has 1 N–H and O–H groups in total. The van der Waals surface area contributed by atoms with Gasteiger partial charge < -0.3 is 5.32 Å². The summed E-state index contributed by atoms with van der Waals surface area (Å²) in [4.78, 5) is 14.4. The van der Waals surface area contributed by atoms with Gasteiger partial charge in [0.1, 0.15) is 6.54 Å². The number of carbonyl (C=O) groups is 1. The zero-order valence-corrected chi connectivity index (χ0v) is 14.5. The van der Waals surface area contributed by atoms with Crippen LogP contribution in [0.15, 0.2) is 41.8 Å². The zero-order chi connectivity index (χ0) is 16.9. The molecule has 3 aromatic rings. The van der Waals surface area contributed by atoms with Gasteiger partial charge in [0.05, 0.1) is 6.54 Å². The fourth-order valence-electron chi connectivity index (χ4n) is 2.23. The summed E-state index contributed by atoms with van der Waals surface area (Å²) in [6.45, 7) is 4.88. The third-order valence-corrected chi connectivity index (χ3v) is 4.49. The van der Waals surface area contributed by atoms with Gasteiger partial charge in [-0.25, -0.2) is 0 Å². The van der Waals surface area contributed by atoms with Crippen LogP contribution in [0.2, 0.25) is 0 Å². The van der Waals surface area contributed by atoms with Gasteiger partial charge in [0.25, 0.3) is 0 Å². The van der Waals surface area contributed by atoms with Crippen molar-refractivity contribution in [1.82, 2.24) is 25.5 Å². The Morgan fingerprint density at radius 2 is 2.04 bits per heavy atom. The van der Waals surface area contributed by atoms with E-state index in [1.807, 2.05) is 29.6 Å². The summed E-state index contributed by atoms with van der Waals surface area (Å²) < 4.78 is 0. The molecule has 0 saturated carbocycles. The van der Waals surface area contributed by atoms with E-state index in [9.17, 15) is 4.79 Å². The molecule has 2 heterocycles. The van der Waals surface area contributed by atoms with Crippen molar-refractivity contribution in [2.75, 3.05) is 0 Å². The van der Waals surface area contributed by atoms with Crippen molar-refractivity contribution in [3.8, 4) is 11.4 Å². The third kappa shape index (κ3) is 4.05. The maximum atomic E-state index is 11.9. The summed E-state index contributed by atoms with van der Waals surface area (Å²) >= 11 is 1.61. The molecule has 0 aliphatic rings. The van der Waals surface area contributed by atoms with Crippen molar-refractivity contribution in [3.63, 3.8) is 0 Å². The van der Waals surface area contributed by atoms with Gasteiger partial charge in [-0.15, -0.1) is 21.5 Å². The molecule has 0 fully saturated rings. The highest BCUT2D eigenvalue weighted by Crippen LogP contribution is 2.19. The quantitative estimate of drug-likeness (QED) is 0.748. The fourth-order valence-corrected chi connectivity index (χ4v) is 2.87. The lowest BCUT2D eigenvalue weighted by atomic mass is 10.0. The van der Waals surface area contributed by atoms with Crippen molar-refractivity contribution < 1.29 is 4.79 Å². The number of nitrogens with one attached hydrogen (secondary N) is 1. The summed E-state index contributed by atoms with van der Waals surface area (Å²) in [5.41, 5.74) is 2.16. The van der Waals surface area contributed by atoms with Crippen LogP contribution >= 0.6 is 11.3 Å². The van der Waals surface area contributed by atoms with Crippen LogP contribution in [-0.2, 0) is 17.9 Å². The predicted octanol–water partition coefficient (Wildman–Crippen LogP) is 2.84. The minimum absolute atomic E-state index is 0.0580. The molecule has 2 aromatic heterocycles. The highest BCUT2D eigenvalue weighted by atomic mass is 32.1. The molecule has 1 amide bonds. The van der Waals surface area contributed by atoms with E-state index in [2.05, 4.69) is 46.7 Å². The molecule has 0 atom stereocenters. The molecule has 7 heteroatoms. The first-order valence-electron chi connectivity index (χ1n) is 7.79. The number of tetrazole rings is 1. The van der Waals surface area contributed by atoms with Gasteiger partial charge in [0.2, 0.25) is 11.7 Å². The van der Waals surface area contributed by atoms with E-state index < -0.39 is 0 Å². The number of carbonyl (C=O) groups excluding carboxylic acids is 1. The molecule has 0 spiro atoms. The number of rotatable bonds is 6. The minimum Gasteiger partial charge on any atom is -0.350 e. The van der Waals surface area contributed by atoms with Crippen LogP contribution in [0.5, 0.6) is 0 Å². The summed E-state index contributed by atoms with van der Waals surface area (Å²) in [7, 11) is 0.